The third kappa shape index (κ3) is 6.55. The van der Waals surface area contributed by atoms with Gasteiger partial charge in [0.15, 0.2) is 0 Å². The Balaban J connectivity index is 1.36. The van der Waals surface area contributed by atoms with E-state index in [-0.39, 0.29) is 18.4 Å². The number of carbonyl (C=O) groups is 2. The summed E-state index contributed by atoms with van der Waals surface area (Å²) in [7, 11) is 0. The van der Waals surface area contributed by atoms with Crippen molar-refractivity contribution in [1.29, 1.82) is 0 Å². The molecule has 3 rings (SSSR count). The maximum Gasteiger partial charge on any atom is 0.243 e. The molecule has 0 radical (unpaired) electrons. The highest BCUT2D eigenvalue weighted by Gasteiger charge is 2.19. The lowest BCUT2D eigenvalue weighted by Gasteiger charge is -2.34. The summed E-state index contributed by atoms with van der Waals surface area (Å²) in [4.78, 5) is 28.9. The molecular weight excluding hydrogens is 400 g/mol. The highest BCUT2D eigenvalue weighted by molar-refractivity contribution is 6.30. The first-order valence-electron chi connectivity index (χ1n) is 10.2. The summed E-state index contributed by atoms with van der Waals surface area (Å²) in [6.07, 6.45) is 0. The van der Waals surface area contributed by atoms with Gasteiger partial charge in [-0.3, -0.25) is 19.4 Å². The molecule has 6 nitrogen and oxygen atoms in total. The normalized spacial score (nSPS) is 15.0. The summed E-state index contributed by atoms with van der Waals surface area (Å²) < 4.78 is 0. The van der Waals surface area contributed by atoms with Gasteiger partial charge in [-0.15, -0.1) is 0 Å². The van der Waals surface area contributed by atoms with Crippen LogP contribution in [0.3, 0.4) is 0 Å². The second-order valence-electron chi connectivity index (χ2n) is 7.75. The average molecular weight is 429 g/mol. The van der Waals surface area contributed by atoms with Crippen LogP contribution in [0.5, 0.6) is 0 Å². The largest absolute Gasteiger partial charge is 0.346 e. The van der Waals surface area contributed by atoms with Crippen LogP contribution in [0.15, 0.2) is 42.5 Å². The Morgan fingerprint density at radius 2 is 1.67 bits per heavy atom. The van der Waals surface area contributed by atoms with Gasteiger partial charge in [-0.25, -0.2) is 0 Å². The van der Waals surface area contributed by atoms with E-state index in [1.165, 1.54) is 5.56 Å². The fourth-order valence-electron chi connectivity index (χ4n) is 3.52. The van der Waals surface area contributed by atoms with Gasteiger partial charge in [0.05, 0.1) is 13.1 Å². The lowest BCUT2D eigenvalue weighted by Crippen LogP contribution is -2.49. The molecule has 0 atom stereocenters. The predicted molar refractivity (Wildman–Crippen MR) is 121 cm³/mol. The minimum absolute atomic E-state index is 0.0268. The smallest absolute Gasteiger partial charge is 0.243 e. The molecule has 0 spiro atoms. The molecule has 0 aliphatic carbocycles. The van der Waals surface area contributed by atoms with Crippen LogP contribution in [0.2, 0.25) is 5.02 Å². The number of hydrogen-bond acceptors (Lipinski definition) is 4. The van der Waals surface area contributed by atoms with E-state index in [9.17, 15) is 9.59 Å². The van der Waals surface area contributed by atoms with Gasteiger partial charge in [-0.1, -0.05) is 35.9 Å². The minimum Gasteiger partial charge on any atom is -0.346 e. The molecule has 1 saturated heterocycles. The molecule has 7 heteroatoms. The Hall–Kier alpha value is -2.41. The summed E-state index contributed by atoms with van der Waals surface area (Å²) in [6, 6.07) is 13.7. The number of carbonyl (C=O) groups excluding carboxylic acids is 2. The number of nitrogens with zero attached hydrogens (tertiary/aromatic N) is 2. The molecule has 2 aromatic rings. The summed E-state index contributed by atoms with van der Waals surface area (Å²) in [6.45, 7) is 8.55. The predicted octanol–water partition coefficient (Wildman–Crippen LogP) is 2.83. The van der Waals surface area contributed by atoms with Crippen molar-refractivity contribution < 1.29 is 9.59 Å². The Morgan fingerprint density at radius 3 is 2.40 bits per heavy atom. The van der Waals surface area contributed by atoms with Crippen molar-refractivity contribution in [3.63, 3.8) is 0 Å². The number of nitrogens with one attached hydrogen (secondary N) is 2. The molecule has 160 valence electrons. The van der Waals surface area contributed by atoms with Gasteiger partial charge in [0, 0.05) is 43.4 Å². The van der Waals surface area contributed by atoms with Crippen molar-refractivity contribution in [1.82, 2.24) is 15.1 Å². The number of aryl methyl sites for hydroxylation is 1. The molecule has 0 aromatic heterocycles. The lowest BCUT2D eigenvalue weighted by molar-refractivity contribution is -0.125. The second-order valence-corrected chi connectivity index (χ2v) is 8.19. The van der Waals surface area contributed by atoms with E-state index in [4.69, 9.17) is 11.6 Å². The quantitative estimate of drug-likeness (QED) is 0.711. The van der Waals surface area contributed by atoms with Crippen LogP contribution in [0.1, 0.15) is 16.7 Å². The van der Waals surface area contributed by atoms with Crippen LogP contribution >= 0.6 is 11.6 Å². The Kier molecular flexibility index (Phi) is 7.85. The number of rotatable bonds is 7. The first kappa shape index (κ1) is 22.3. The van der Waals surface area contributed by atoms with Gasteiger partial charge >= 0.3 is 0 Å². The zero-order valence-electron chi connectivity index (χ0n) is 17.6. The monoisotopic (exact) mass is 428 g/mol. The number of halogens is 1. The fraction of sp³-hybridized carbons (Fsp3) is 0.391. The third-order valence-electron chi connectivity index (χ3n) is 5.45. The van der Waals surface area contributed by atoms with E-state index in [0.29, 0.717) is 6.54 Å². The standard InChI is InChI=1S/C23H29ClN4O2/c1-17-5-3-8-21(18(17)2)26-22(29)14-25-23(30)16-28-11-9-27(10-12-28)15-19-6-4-7-20(24)13-19/h3-8,13H,9-12,14-16H2,1-2H3,(H,25,30)(H,26,29). The molecule has 2 amide bonds. The highest BCUT2D eigenvalue weighted by atomic mass is 35.5. The van der Waals surface area contributed by atoms with Gasteiger partial charge in [0.25, 0.3) is 0 Å². The Labute approximate surface area is 183 Å². The van der Waals surface area contributed by atoms with Crippen molar-refractivity contribution in [2.45, 2.75) is 20.4 Å². The SMILES string of the molecule is Cc1cccc(NC(=O)CNC(=O)CN2CCN(Cc3cccc(Cl)c3)CC2)c1C. The van der Waals surface area contributed by atoms with Crippen LogP contribution in [0, 0.1) is 13.8 Å². The van der Waals surface area contributed by atoms with E-state index in [0.717, 1.165) is 54.6 Å². The lowest BCUT2D eigenvalue weighted by atomic mass is 10.1. The van der Waals surface area contributed by atoms with E-state index in [2.05, 4.69) is 26.5 Å². The minimum atomic E-state index is -0.219. The van der Waals surface area contributed by atoms with Crippen LogP contribution in [-0.4, -0.2) is 60.9 Å². The highest BCUT2D eigenvalue weighted by Crippen LogP contribution is 2.17. The molecule has 0 unspecified atom stereocenters. The van der Waals surface area contributed by atoms with Gasteiger partial charge in [-0.2, -0.15) is 0 Å². The van der Waals surface area contributed by atoms with Gasteiger partial charge in [0.1, 0.15) is 0 Å². The zero-order chi connectivity index (χ0) is 21.5. The molecule has 0 saturated carbocycles. The molecule has 1 fully saturated rings. The number of piperazine rings is 1. The van der Waals surface area contributed by atoms with Crippen LogP contribution in [-0.2, 0) is 16.1 Å². The van der Waals surface area contributed by atoms with Gasteiger partial charge in [-0.05, 0) is 48.7 Å². The van der Waals surface area contributed by atoms with E-state index in [1.807, 2.05) is 50.2 Å². The van der Waals surface area contributed by atoms with Crippen molar-refractivity contribution in [3.05, 3.63) is 64.2 Å². The summed E-state index contributed by atoms with van der Waals surface area (Å²) in [5.74, 6) is -0.349. The van der Waals surface area contributed by atoms with Gasteiger partial charge < -0.3 is 10.6 Å². The summed E-state index contributed by atoms with van der Waals surface area (Å²) in [5, 5.41) is 6.33. The first-order valence-corrected chi connectivity index (χ1v) is 10.6. The van der Waals surface area contributed by atoms with E-state index in [1.54, 1.807) is 0 Å². The maximum atomic E-state index is 12.2. The fourth-order valence-corrected chi connectivity index (χ4v) is 3.73. The van der Waals surface area contributed by atoms with Crippen molar-refractivity contribution in [3.8, 4) is 0 Å². The topological polar surface area (TPSA) is 64.7 Å². The zero-order valence-corrected chi connectivity index (χ0v) is 18.3. The molecule has 0 bridgehead atoms. The molecule has 2 aromatic carbocycles. The van der Waals surface area contributed by atoms with Gasteiger partial charge in [0.2, 0.25) is 11.8 Å². The van der Waals surface area contributed by atoms with Crippen molar-refractivity contribution in [2.24, 2.45) is 0 Å². The van der Waals surface area contributed by atoms with Crippen molar-refractivity contribution in [2.75, 3.05) is 44.6 Å². The third-order valence-corrected chi connectivity index (χ3v) is 5.69. The first-order chi connectivity index (χ1) is 14.4. The molecule has 30 heavy (non-hydrogen) atoms. The van der Waals surface area contributed by atoms with E-state index >= 15 is 0 Å². The number of benzene rings is 2. The molecule has 1 aliphatic rings. The molecule has 1 heterocycles. The molecule has 2 N–H and O–H groups in total. The molecule has 1 aliphatic heterocycles. The Morgan fingerprint density at radius 1 is 0.967 bits per heavy atom. The maximum absolute atomic E-state index is 12.2. The van der Waals surface area contributed by atoms with Crippen LogP contribution in [0.25, 0.3) is 0 Å². The number of hydrogen-bond donors (Lipinski definition) is 2. The second kappa shape index (κ2) is 10.6. The molecular formula is C23H29ClN4O2. The van der Waals surface area contributed by atoms with Crippen LogP contribution in [0.4, 0.5) is 5.69 Å². The van der Waals surface area contributed by atoms with Crippen LogP contribution < -0.4 is 10.6 Å². The van der Waals surface area contributed by atoms with Crippen molar-refractivity contribution >= 4 is 29.1 Å². The average Bonchev–Trinajstić information content (AvgIpc) is 2.71. The summed E-state index contributed by atoms with van der Waals surface area (Å²) in [5.41, 5.74) is 4.13. The number of amides is 2. The number of anilines is 1. The van der Waals surface area contributed by atoms with E-state index < -0.39 is 0 Å². The Bertz CT molecular complexity index is 895. The summed E-state index contributed by atoms with van der Waals surface area (Å²) >= 11 is 6.06.